The van der Waals surface area contributed by atoms with E-state index in [2.05, 4.69) is 59.1 Å². The first-order valence-electron chi connectivity index (χ1n) is 9.66. The van der Waals surface area contributed by atoms with Crippen molar-refractivity contribution in [3.8, 4) is 0 Å². The van der Waals surface area contributed by atoms with E-state index in [1.165, 1.54) is 18.5 Å². The molecule has 0 saturated carbocycles. The number of aromatic nitrogens is 5. The number of rotatable bonds is 6. The van der Waals surface area contributed by atoms with Gasteiger partial charge < -0.3 is 4.90 Å². The van der Waals surface area contributed by atoms with Gasteiger partial charge in [0.05, 0.1) is 23.1 Å². The molecule has 3 heterocycles. The predicted octanol–water partition coefficient (Wildman–Crippen LogP) is 2.25. The van der Waals surface area contributed by atoms with Gasteiger partial charge >= 0.3 is 0 Å². The number of likely N-dealkylation sites (tertiary alicyclic amines) is 1. The zero-order valence-electron chi connectivity index (χ0n) is 16.7. The van der Waals surface area contributed by atoms with E-state index in [0.29, 0.717) is 12.0 Å². The quantitative estimate of drug-likeness (QED) is 0.790. The summed E-state index contributed by atoms with van der Waals surface area (Å²) in [4.78, 5) is 9.39. The first-order valence-corrected chi connectivity index (χ1v) is 9.66. The fraction of sp³-hybridized carbons (Fsp3) is 0.684. The average molecular weight is 358 g/mol. The SMILES string of the molecule is CCc1nnc(N(C)C[C@@H]2CCCN(C)[C@H]2c2ccnn2C)nc1CC. The van der Waals surface area contributed by atoms with Gasteiger partial charge in [0.1, 0.15) is 0 Å². The summed E-state index contributed by atoms with van der Waals surface area (Å²) in [5.74, 6) is 1.24. The molecule has 0 aromatic carbocycles. The third kappa shape index (κ3) is 3.72. The van der Waals surface area contributed by atoms with Crippen molar-refractivity contribution in [2.24, 2.45) is 13.0 Å². The van der Waals surface area contributed by atoms with Crippen LogP contribution in [0.1, 0.15) is 49.8 Å². The molecule has 1 fully saturated rings. The van der Waals surface area contributed by atoms with Gasteiger partial charge in [-0.15, -0.1) is 5.10 Å². The van der Waals surface area contributed by atoms with Crippen LogP contribution in [0.5, 0.6) is 0 Å². The van der Waals surface area contributed by atoms with Gasteiger partial charge in [-0.25, -0.2) is 4.98 Å². The van der Waals surface area contributed by atoms with Crippen LogP contribution in [0.4, 0.5) is 5.95 Å². The standard InChI is InChI=1S/C19H31N7/c1-6-15-16(7-2)22-23-19(21-15)25(4)13-14-9-8-12-24(3)18(14)17-10-11-20-26(17)5/h10-11,14,18H,6-9,12-13H2,1-5H3/t14-,18+/m0/s1. The third-order valence-electron chi connectivity index (χ3n) is 5.52. The molecule has 2 aromatic heterocycles. The van der Waals surface area contributed by atoms with Crippen LogP contribution >= 0.6 is 0 Å². The van der Waals surface area contributed by atoms with Gasteiger partial charge in [-0.3, -0.25) is 9.58 Å². The Labute approximate surface area is 156 Å². The highest BCUT2D eigenvalue weighted by Crippen LogP contribution is 2.35. The molecule has 26 heavy (non-hydrogen) atoms. The van der Waals surface area contributed by atoms with E-state index < -0.39 is 0 Å². The fourth-order valence-corrected chi connectivity index (χ4v) is 4.12. The van der Waals surface area contributed by atoms with E-state index in [0.717, 1.165) is 43.3 Å². The number of hydrogen-bond acceptors (Lipinski definition) is 6. The summed E-state index contributed by atoms with van der Waals surface area (Å²) in [6.45, 7) is 6.27. The molecule has 7 nitrogen and oxygen atoms in total. The van der Waals surface area contributed by atoms with Crippen LogP contribution in [0.25, 0.3) is 0 Å². The molecule has 1 aliphatic rings. The monoisotopic (exact) mass is 357 g/mol. The minimum Gasteiger partial charge on any atom is -0.342 e. The van der Waals surface area contributed by atoms with Crippen LogP contribution in [0.15, 0.2) is 12.3 Å². The van der Waals surface area contributed by atoms with Gasteiger partial charge in [0.25, 0.3) is 0 Å². The molecule has 3 rings (SSSR count). The first-order chi connectivity index (χ1) is 12.5. The number of hydrogen-bond donors (Lipinski definition) is 0. The molecule has 1 aliphatic heterocycles. The minimum atomic E-state index is 0.368. The summed E-state index contributed by atoms with van der Waals surface area (Å²) in [6, 6.07) is 2.51. The van der Waals surface area contributed by atoms with Crippen molar-refractivity contribution in [1.82, 2.24) is 29.9 Å². The maximum absolute atomic E-state index is 4.77. The Balaban J connectivity index is 1.80. The zero-order chi connectivity index (χ0) is 18.7. The van der Waals surface area contributed by atoms with Crippen LogP contribution in [0, 0.1) is 5.92 Å². The number of nitrogens with zero attached hydrogens (tertiary/aromatic N) is 7. The average Bonchev–Trinajstić information content (AvgIpc) is 3.06. The minimum absolute atomic E-state index is 0.368. The summed E-state index contributed by atoms with van der Waals surface area (Å²) < 4.78 is 2.00. The van der Waals surface area contributed by atoms with Gasteiger partial charge in [0.15, 0.2) is 0 Å². The first kappa shape index (κ1) is 18.8. The lowest BCUT2D eigenvalue weighted by Crippen LogP contribution is -2.42. The Morgan fingerprint density at radius 1 is 1.15 bits per heavy atom. The number of anilines is 1. The van der Waals surface area contributed by atoms with Gasteiger partial charge in [-0.2, -0.15) is 10.2 Å². The molecule has 0 bridgehead atoms. The van der Waals surface area contributed by atoms with E-state index in [4.69, 9.17) is 4.98 Å². The molecule has 0 N–H and O–H groups in total. The molecule has 2 aromatic rings. The van der Waals surface area contributed by atoms with Gasteiger partial charge in [-0.05, 0) is 51.3 Å². The molecule has 0 radical (unpaired) electrons. The normalized spacial score (nSPS) is 21.1. The Hall–Kier alpha value is -2.02. The van der Waals surface area contributed by atoms with Crippen LogP contribution in [0.3, 0.4) is 0 Å². The van der Waals surface area contributed by atoms with E-state index in [1.807, 2.05) is 17.9 Å². The topological polar surface area (TPSA) is 63.0 Å². The van der Waals surface area contributed by atoms with Crippen molar-refractivity contribution in [2.75, 3.05) is 32.1 Å². The summed E-state index contributed by atoms with van der Waals surface area (Å²) in [5, 5.41) is 13.2. The molecule has 1 saturated heterocycles. The van der Waals surface area contributed by atoms with Gasteiger partial charge in [-0.1, -0.05) is 13.8 Å². The molecule has 0 amide bonds. The predicted molar refractivity (Wildman–Crippen MR) is 103 cm³/mol. The van der Waals surface area contributed by atoms with Crippen LogP contribution < -0.4 is 4.90 Å². The Morgan fingerprint density at radius 3 is 2.58 bits per heavy atom. The van der Waals surface area contributed by atoms with Crippen molar-refractivity contribution in [3.63, 3.8) is 0 Å². The van der Waals surface area contributed by atoms with E-state index in [9.17, 15) is 0 Å². The second kappa shape index (κ2) is 8.12. The van der Waals surface area contributed by atoms with Crippen LogP contribution in [-0.4, -0.2) is 57.0 Å². The van der Waals surface area contributed by atoms with Crippen molar-refractivity contribution < 1.29 is 0 Å². The lowest BCUT2D eigenvalue weighted by Gasteiger charge is -2.40. The molecule has 0 aliphatic carbocycles. The Morgan fingerprint density at radius 2 is 1.92 bits per heavy atom. The Bertz CT molecular complexity index is 726. The van der Waals surface area contributed by atoms with E-state index in [-0.39, 0.29) is 0 Å². The zero-order valence-corrected chi connectivity index (χ0v) is 16.7. The van der Waals surface area contributed by atoms with Gasteiger partial charge in [0.2, 0.25) is 5.95 Å². The van der Waals surface area contributed by atoms with Crippen LogP contribution in [0.2, 0.25) is 0 Å². The molecule has 7 heteroatoms. The summed E-state index contributed by atoms with van der Waals surface area (Å²) in [7, 11) is 6.33. The van der Waals surface area contributed by atoms with Crippen molar-refractivity contribution in [2.45, 2.75) is 45.6 Å². The Kier molecular flexibility index (Phi) is 5.86. The third-order valence-corrected chi connectivity index (χ3v) is 5.52. The van der Waals surface area contributed by atoms with Crippen molar-refractivity contribution in [3.05, 3.63) is 29.3 Å². The number of aryl methyl sites for hydroxylation is 3. The lowest BCUT2D eigenvalue weighted by molar-refractivity contribution is 0.117. The molecular formula is C19H31N7. The second-order valence-electron chi connectivity index (χ2n) is 7.30. The smallest absolute Gasteiger partial charge is 0.245 e. The van der Waals surface area contributed by atoms with Gasteiger partial charge in [0, 0.05) is 26.8 Å². The van der Waals surface area contributed by atoms with Crippen molar-refractivity contribution >= 4 is 5.95 Å². The van der Waals surface area contributed by atoms with Crippen LogP contribution in [-0.2, 0) is 19.9 Å². The maximum Gasteiger partial charge on any atom is 0.245 e. The second-order valence-corrected chi connectivity index (χ2v) is 7.30. The summed E-state index contributed by atoms with van der Waals surface area (Å²) >= 11 is 0. The molecule has 142 valence electrons. The summed E-state index contributed by atoms with van der Waals surface area (Å²) in [5.41, 5.74) is 3.35. The molecule has 0 spiro atoms. The van der Waals surface area contributed by atoms with Crippen molar-refractivity contribution in [1.29, 1.82) is 0 Å². The van der Waals surface area contributed by atoms with E-state index in [1.54, 1.807) is 0 Å². The maximum atomic E-state index is 4.77. The lowest BCUT2D eigenvalue weighted by atomic mass is 9.87. The van der Waals surface area contributed by atoms with E-state index >= 15 is 0 Å². The summed E-state index contributed by atoms with van der Waals surface area (Å²) in [6.07, 6.45) is 6.08. The number of piperidine rings is 1. The largest absolute Gasteiger partial charge is 0.342 e. The highest BCUT2D eigenvalue weighted by atomic mass is 15.3. The highest BCUT2D eigenvalue weighted by molar-refractivity contribution is 5.29. The molecular weight excluding hydrogens is 326 g/mol. The molecule has 0 unspecified atom stereocenters. The fourth-order valence-electron chi connectivity index (χ4n) is 4.12. The highest BCUT2D eigenvalue weighted by Gasteiger charge is 2.33. The molecule has 2 atom stereocenters.